The third-order valence-corrected chi connectivity index (χ3v) is 3.17. The first kappa shape index (κ1) is 10.9. The smallest absolute Gasteiger partial charge is 0.169 e. The van der Waals surface area contributed by atoms with Gasteiger partial charge in [0.15, 0.2) is 5.78 Å². The number of anilines is 1. The summed E-state index contributed by atoms with van der Waals surface area (Å²) in [4.78, 5) is 12.1. The van der Waals surface area contributed by atoms with E-state index in [-0.39, 0.29) is 5.78 Å². The second kappa shape index (κ2) is 4.94. The molecule has 0 fully saturated rings. The molecule has 1 aromatic carbocycles. The van der Waals surface area contributed by atoms with Crippen molar-refractivity contribution in [1.29, 1.82) is 0 Å². The van der Waals surface area contributed by atoms with Crippen LogP contribution in [0.2, 0.25) is 0 Å². The summed E-state index contributed by atoms with van der Waals surface area (Å²) < 4.78 is 0. The Labute approximate surface area is 98.9 Å². The standard InChI is InChI=1S/C13H13NOS/c1-14-12-5-3-2-4-11(12)13(15)8-10-6-7-16-9-10/h2-7,9,14H,8H2,1H3. The fraction of sp³-hybridized carbons (Fsp3) is 0.154. The van der Waals surface area contributed by atoms with Gasteiger partial charge in [0, 0.05) is 24.7 Å². The van der Waals surface area contributed by atoms with Crippen LogP contribution >= 0.6 is 11.3 Å². The van der Waals surface area contributed by atoms with Crippen LogP contribution in [-0.2, 0) is 6.42 Å². The van der Waals surface area contributed by atoms with Gasteiger partial charge >= 0.3 is 0 Å². The third-order valence-electron chi connectivity index (χ3n) is 2.44. The van der Waals surface area contributed by atoms with Gasteiger partial charge in [0.1, 0.15) is 0 Å². The van der Waals surface area contributed by atoms with Crippen molar-refractivity contribution in [2.45, 2.75) is 6.42 Å². The fourth-order valence-electron chi connectivity index (χ4n) is 1.62. The Morgan fingerprint density at radius 1 is 1.31 bits per heavy atom. The Morgan fingerprint density at radius 2 is 2.12 bits per heavy atom. The van der Waals surface area contributed by atoms with E-state index in [0.717, 1.165) is 16.8 Å². The SMILES string of the molecule is CNc1ccccc1C(=O)Cc1ccsc1. The van der Waals surface area contributed by atoms with Crippen LogP contribution in [0.4, 0.5) is 5.69 Å². The van der Waals surface area contributed by atoms with E-state index < -0.39 is 0 Å². The molecule has 3 heteroatoms. The number of nitrogens with one attached hydrogen (secondary N) is 1. The minimum absolute atomic E-state index is 0.156. The van der Waals surface area contributed by atoms with E-state index in [0.29, 0.717) is 6.42 Å². The van der Waals surface area contributed by atoms with Crippen molar-refractivity contribution in [1.82, 2.24) is 0 Å². The number of ketones is 1. The molecule has 2 nitrogen and oxygen atoms in total. The number of carbonyl (C=O) groups is 1. The lowest BCUT2D eigenvalue weighted by Crippen LogP contribution is -2.06. The molecule has 82 valence electrons. The first-order chi connectivity index (χ1) is 7.81. The summed E-state index contributed by atoms with van der Waals surface area (Å²) in [6, 6.07) is 9.58. The van der Waals surface area contributed by atoms with Crippen molar-refractivity contribution in [3.05, 3.63) is 52.2 Å². The van der Waals surface area contributed by atoms with Crippen molar-refractivity contribution < 1.29 is 4.79 Å². The van der Waals surface area contributed by atoms with E-state index >= 15 is 0 Å². The number of carbonyl (C=O) groups excluding carboxylic acids is 1. The molecule has 0 aliphatic rings. The quantitative estimate of drug-likeness (QED) is 0.819. The van der Waals surface area contributed by atoms with Crippen molar-refractivity contribution >= 4 is 22.8 Å². The number of benzene rings is 1. The number of thiophene rings is 1. The van der Waals surface area contributed by atoms with E-state index in [1.54, 1.807) is 11.3 Å². The predicted molar refractivity (Wildman–Crippen MR) is 68.3 cm³/mol. The molecule has 0 radical (unpaired) electrons. The first-order valence-electron chi connectivity index (χ1n) is 5.12. The van der Waals surface area contributed by atoms with E-state index in [9.17, 15) is 4.79 Å². The van der Waals surface area contributed by atoms with Gasteiger partial charge in [0.05, 0.1) is 0 Å². The van der Waals surface area contributed by atoms with Crippen molar-refractivity contribution in [3.63, 3.8) is 0 Å². The van der Waals surface area contributed by atoms with Gasteiger partial charge < -0.3 is 5.32 Å². The van der Waals surface area contributed by atoms with E-state index in [2.05, 4.69) is 5.32 Å². The molecular weight excluding hydrogens is 218 g/mol. The largest absolute Gasteiger partial charge is 0.388 e. The van der Waals surface area contributed by atoms with Crippen LogP contribution < -0.4 is 5.32 Å². The molecule has 1 N–H and O–H groups in total. The maximum absolute atomic E-state index is 12.1. The summed E-state index contributed by atoms with van der Waals surface area (Å²) in [6.07, 6.45) is 0.474. The maximum atomic E-state index is 12.1. The lowest BCUT2D eigenvalue weighted by atomic mass is 10.0. The highest BCUT2D eigenvalue weighted by Crippen LogP contribution is 2.17. The molecule has 1 aromatic heterocycles. The Hall–Kier alpha value is -1.61. The molecule has 0 unspecified atom stereocenters. The second-order valence-electron chi connectivity index (χ2n) is 3.53. The normalized spacial score (nSPS) is 10.1. The molecule has 1 heterocycles. The minimum atomic E-state index is 0.156. The van der Waals surface area contributed by atoms with Crippen LogP contribution in [-0.4, -0.2) is 12.8 Å². The Balaban J connectivity index is 2.21. The van der Waals surface area contributed by atoms with Crippen LogP contribution in [0.5, 0.6) is 0 Å². The predicted octanol–water partition coefficient (Wildman–Crippen LogP) is 3.22. The van der Waals surface area contributed by atoms with Crippen LogP contribution in [0.15, 0.2) is 41.1 Å². The minimum Gasteiger partial charge on any atom is -0.388 e. The molecule has 0 saturated carbocycles. The molecule has 0 bridgehead atoms. The molecular formula is C13H13NOS. The summed E-state index contributed by atoms with van der Waals surface area (Å²) in [5, 5.41) is 7.04. The number of hydrogen-bond acceptors (Lipinski definition) is 3. The van der Waals surface area contributed by atoms with Gasteiger partial charge in [-0.25, -0.2) is 0 Å². The van der Waals surface area contributed by atoms with Gasteiger partial charge in [0.25, 0.3) is 0 Å². The zero-order valence-electron chi connectivity index (χ0n) is 9.07. The average Bonchev–Trinajstić information content (AvgIpc) is 2.81. The maximum Gasteiger partial charge on any atom is 0.169 e. The highest BCUT2D eigenvalue weighted by Gasteiger charge is 2.10. The van der Waals surface area contributed by atoms with Crippen molar-refractivity contribution in [2.75, 3.05) is 12.4 Å². The first-order valence-corrected chi connectivity index (χ1v) is 6.06. The van der Waals surface area contributed by atoms with E-state index in [1.807, 2.05) is 48.1 Å². The van der Waals surface area contributed by atoms with Crippen molar-refractivity contribution in [2.24, 2.45) is 0 Å². The van der Waals surface area contributed by atoms with Gasteiger partial charge in [-0.05, 0) is 34.5 Å². The van der Waals surface area contributed by atoms with Crippen LogP contribution in [0.1, 0.15) is 15.9 Å². The van der Waals surface area contributed by atoms with Crippen LogP contribution in [0.25, 0.3) is 0 Å². The van der Waals surface area contributed by atoms with Gasteiger partial charge in [-0.2, -0.15) is 11.3 Å². The molecule has 0 amide bonds. The molecule has 0 aliphatic heterocycles. The fourth-order valence-corrected chi connectivity index (χ4v) is 2.29. The zero-order valence-corrected chi connectivity index (χ0v) is 9.88. The Kier molecular flexibility index (Phi) is 3.37. The number of hydrogen-bond donors (Lipinski definition) is 1. The highest BCUT2D eigenvalue weighted by molar-refractivity contribution is 7.08. The van der Waals surface area contributed by atoms with E-state index in [1.165, 1.54) is 0 Å². The summed E-state index contributed by atoms with van der Waals surface area (Å²) in [5.74, 6) is 0.156. The Morgan fingerprint density at radius 3 is 2.81 bits per heavy atom. The molecule has 0 saturated heterocycles. The van der Waals surface area contributed by atoms with Crippen molar-refractivity contribution in [3.8, 4) is 0 Å². The van der Waals surface area contributed by atoms with Gasteiger partial charge in [0.2, 0.25) is 0 Å². The molecule has 2 rings (SSSR count). The molecule has 16 heavy (non-hydrogen) atoms. The third kappa shape index (κ3) is 2.31. The van der Waals surface area contributed by atoms with E-state index in [4.69, 9.17) is 0 Å². The van der Waals surface area contributed by atoms with Crippen LogP contribution in [0, 0.1) is 0 Å². The second-order valence-corrected chi connectivity index (χ2v) is 4.31. The average molecular weight is 231 g/mol. The lowest BCUT2D eigenvalue weighted by molar-refractivity contribution is 0.0994. The molecule has 0 spiro atoms. The molecule has 2 aromatic rings. The Bertz CT molecular complexity index is 476. The molecule has 0 atom stereocenters. The lowest BCUT2D eigenvalue weighted by Gasteiger charge is -2.06. The molecule has 0 aliphatic carbocycles. The monoisotopic (exact) mass is 231 g/mol. The van der Waals surface area contributed by atoms with Gasteiger partial charge in [-0.1, -0.05) is 12.1 Å². The number of para-hydroxylation sites is 1. The summed E-state index contributed by atoms with van der Waals surface area (Å²) in [5.41, 5.74) is 2.74. The summed E-state index contributed by atoms with van der Waals surface area (Å²) in [6.45, 7) is 0. The topological polar surface area (TPSA) is 29.1 Å². The summed E-state index contributed by atoms with van der Waals surface area (Å²) in [7, 11) is 1.83. The highest BCUT2D eigenvalue weighted by atomic mass is 32.1. The van der Waals surface area contributed by atoms with Crippen LogP contribution in [0.3, 0.4) is 0 Å². The zero-order chi connectivity index (χ0) is 11.4. The van der Waals surface area contributed by atoms with Gasteiger partial charge in [-0.15, -0.1) is 0 Å². The summed E-state index contributed by atoms with van der Waals surface area (Å²) >= 11 is 1.62. The van der Waals surface area contributed by atoms with Gasteiger partial charge in [-0.3, -0.25) is 4.79 Å². The number of Topliss-reactive ketones (excluding diaryl/α,β-unsaturated/α-hetero) is 1. The number of rotatable bonds is 4.